The van der Waals surface area contributed by atoms with Crippen molar-refractivity contribution in [3.8, 4) is 11.5 Å². The van der Waals surface area contributed by atoms with Gasteiger partial charge in [-0.2, -0.15) is 0 Å². The molecule has 0 radical (unpaired) electrons. The highest BCUT2D eigenvalue weighted by molar-refractivity contribution is 6.05. The van der Waals surface area contributed by atoms with Crippen LogP contribution in [0, 0.1) is 0 Å². The summed E-state index contributed by atoms with van der Waals surface area (Å²) in [7, 11) is 0. The molecule has 0 bridgehead atoms. The normalized spacial score (nSPS) is 14.4. The molecule has 6 rings (SSSR count). The maximum atomic E-state index is 13.0. The van der Waals surface area contributed by atoms with Crippen molar-refractivity contribution in [3.63, 3.8) is 0 Å². The molecular weight excluding hydrogens is 438 g/mol. The van der Waals surface area contributed by atoms with E-state index in [2.05, 4.69) is 32.7 Å². The highest BCUT2D eigenvalue weighted by atomic mass is 16.3. The number of oxazole rings is 1. The van der Waals surface area contributed by atoms with Gasteiger partial charge >= 0.3 is 0 Å². The van der Waals surface area contributed by atoms with Crippen molar-refractivity contribution in [2.45, 2.75) is 6.54 Å². The van der Waals surface area contributed by atoms with Gasteiger partial charge in [0.05, 0.1) is 16.8 Å². The van der Waals surface area contributed by atoms with Gasteiger partial charge in [-0.25, -0.2) is 9.97 Å². The van der Waals surface area contributed by atoms with Crippen molar-refractivity contribution in [1.29, 1.82) is 0 Å². The van der Waals surface area contributed by atoms with E-state index in [0.717, 1.165) is 60.3 Å². The summed E-state index contributed by atoms with van der Waals surface area (Å²) in [5, 5.41) is 7.36. The van der Waals surface area contributed by atoms with Crippen LogP contribution in [0.2, 0.25) is 0 Å². The Balaban J connectivity index is 1.26. The molecule has 1 aliphatic heterocycles. The second-order valence-electron chi connectivity index (χ2n) is 8.74. The highest BCUT2D eigenvalue weighted by Crippen LogP contribution is 2.31. The number of piperazine rings is 1. The summed E-state index contributed by atoms with van der Waals surface area (Å²) < 4.78 is 6.16. The van der Waals surface area contributed by atoms with Crippen molar-refractivity contribution < 1.29 is 9.21 Å². The standard InChI is InChI=1S/C28H25N5O2/c34-27(25-12-10-20-5-1-3-7-22(20)30-25)31-23-8-4-2-6-21(23)28-32-24-11-9-19(17-26(24)35-28)18-33-15-13-29-14-16-33/h1-12,17,29H,13-16,18H2,(H,31,34). The number of anilines is 1. The summed E-state index contributed by atoms with van der Waals surface area (Å²) >= 11 is 0. The lowest BCUT2D eigenvalue weighted by Crippen LogP contribution is -2.42. The molecule has 0 unspecified atom stereocenters. The molecule has 5 aromatic rings. The summed E-state index contributed by atoms with van der Waals surface area (Å²) in [6.45, 7) is 5.01. The van der Waals surface area contributed by atoms with Gasteiger partial charge < -0.3 is 15.1 Å². The Labute approximate surface area is 202 Å². The van der Waals surface area contributed by atoms with Crippen LogP contribution in [0.3, 0.4) is 0 Å². The molecule has 1 saturated heterocycles. The van der Waals surface area contributed by atoms with Gasteiger partial charge in [0.2, 0.25) is 5.89 Å². The van der Waals surface area contributed by atoms with E-state index in [1.165, 1.54) is 5.56 Å². The third kappa shape index (κ3) is 4.51. The molecule has 7 nitrogen and oxygen atoms in total. The lowest BCUT2D eigenvalue weighted by Gasteiger charge is -2.27. The van der Waals surface area contributed by atoms with Gasteiger partial charge in [0.1, 0.15) is 11.2 Å². The summed E-state index contributed by atoms with van der Waals surface area (Å²) in [5.74, 6) is 0.194. The lowest BCUT2D eigenvalue weighted by atomic mass is 10.1. The second kappa shape index (κ2) is 9.29. The fraction of sp³-hybridized carbons (Fsp3) is 0.179. The van der Waals surface area contributed by atoms with Crippen molar-refractivity contribution in [2.75, 3.05) is 31.5 Å². The Hall–Kier alpha value is -4.07. The molecule has 0 saturated carbocycles. The molecule has 0 atom stereocenters. The summed E-state index contributed by atoms with van der Waals surface area (Å²) in [5.41, 5.74) is 5.22. The Kier molecular flexibility index (Phi) is 5.70. The SMILES string of the molecule is O=C(Nc1ccccc1-c1nc2ccc(CN3CCNCC3)cc2o1)c1ccc2ccccc2n1. The molecule has 3 heterocycles. The first-order chi connectivity index (χ1) is 17.2. The van der Waals surface area contributed by atoms with E-state index < -0.39 is 0 Å². The lowest BCUT2D eigenvalue weighted by molar-refractivity contribution is 0.102. The number of carbonyl (C=O) groups is 1. The van der Waals surface area contributed by atoms with Gasteiger partial charge in [-0.3, -0.25) is 9.69 Å². The van der Waals surface area contributed by atoms with Crippen LogP contribution in [-0.2, 0) is 6.54 Å². The van der Waals surface area contributed by atoms with Crippen LogP contribution in [0.15, 0.2) is 83.3 Å². The first kappa shape index (κ1) is 21.5. The number of nitrogens with one attached hydrogen (secondary N) is 2. The number of hydrogen-bond donors (Lipinski definition) is 2. The van der Waals surface area contributed by atoms with Crippen LogP contribution in [0.5, 0.6) is 0 Å². The van der Waals surface area contributed by atoms with E-state index >= 15 is 0 Å². The Morgan fingerprint density at radius 2 is 1.74 bits per heavy atom. The summed E-state index contributed by atoms with van der Waals surface area (Å²) in [6, 6.07) is 25.1. The molecule has 0 aliphatic carbocycles. The molecule has 3 aromatic carbocycles. The van der Waals surface area contributed by atoms with Crippen LogP contribution >= 0.6 is 0 Å². The van der Waals surface area contributed by atoms with Crippen molar-refractivity contribution in [3.05, 3.63) is 90.1 Å². The average Bonchev–Trinajstić information content (AvgIpc) is 3.32. The largest absolute Gasteiger partial charge is 0.436 e. The molecular formula is C28H25N5O2. The predicted octanol–water partition coefficient (Wildman–Crippen LogP) is 4.70. The molecule has 1 fully saturated rings. The number of carbonyl (C=O) groups excluding carboxylic acids is 1. The van der Waals surface area contributed by atoms with E-state index in [4.69, 9.17) is 9.40 Å². The maximum absolute atomic E-state index is 13.0. The first-order valence-electron chi connectivity index (χ1n) is 11.8. The molecule has 0 spiro atoms. The number of amides is 1. The topological polar surface area (TPSA) is 83.3 Å². The molecule has 174 valence electrons. The minimum absolute atomic E-state index is 0.280. The van der Waals surface area contributed by atoms with E-state index in [-0.39, 0.29) is 5.91 Å². The molecule has 7 heteroatoms. The van der Waals surface area contributed by atoms with E-state index in [0.29, 0.717) is 17.3 Å². The molecule has 35 heavy (non-hydrogen) atoms. The molecule has 1 aliphatic rings. The molecule has 1 amide bonds. The zero-order chi connectivity index (χ0) is 23.6. The zero-order valence-corrected chi connectivity index (χ0v) is 19.2. The van der Waals surface area contributed by atoms with E-state index in [9.17, 15) is 4.79 Å². The van der Waals surface area contributed by atoms with E-state index in [1.807, 2.05) is 60.7 Å². The van der Waals surface area contributed by atoms with Crippen LogP contribution in [0.4, 0.5) is 5.69 Å². The predicted molar refractivity (Wildman–Crippen MR) is 137 cm³/mol. The number of nitrogens with zero attached hydrogens (tertiary/aromatic N) is 3. The maximum Gasteiger partial charge on any atom is 0.274 e. The van der Waals surface area contributed by atoms with Crippen molar-refractivity contribution >= 4 is 33.6 Å². The quantitative estimate of drug-likeness (QED) is 0.393. The number of rotatable bonds is 5. The van der Waals surface area contributed by atoms with Gasteiger partial charge in [0.25, 0.3) is 5.91 Å². The number of aromatic nitrogens is 2. The minimum atomic E-state index is -0.280. The van der Waals surface area contributed by atoms with Crippen molar-refractivity contribution in [2.24, 2.45) is 0 Å². The number of para-hydroxylation sites is 2. The summed E-state index contributed by atoms with van der Waals surface area (Å²) in [4.78, 5) is 24.6. The zero-order valence-electron chi connectivity index (χ0n) is 19.2. The van der Waals surface area contributed by atoms with Gasteiger partial charge in [-0.1, -0.05) is 42.5 Å². The third-order valence-electron chi connectivity index (χ3n) is 6.31. The second-order valence-corrected chi connectivity index (χ2v) is 8.74. The smallest absolute Gasteiger partial charge is 0.274 e. The van der Waals surface area contributed by atoms with Crippen LogP contribution < -0.4 is 10.6 Å². The monoisotopic (exact) mass is 463 g/mol. The molecule has 2 N–H and O–H groups in total. The van der Waals surface area contributed by atoms with Gasteiger partial charge in [0.15, 0.2) is 5.58 Å². The summed E-state index contributed by atoms with van der Waals surface area (Å²) in [6.07, 6.45) is 0. The minimum Gasteiger partial charge on any atom is -0.436 e. The van der Waals surface area contributed by atoms with Gasteiger partial charge in [0, 0.05) is 38.1 Å². The van der Waals surface area contributed by atoms with Crippen LogP contribution in [0.1, 0.15) is 16.1 Å². The van der Waals surface area contributed by atoms with E-state index in [1.54, 1.807) is 6.07 Å². The number of benzene rings is 3. The van der Waals surface area contributed by atoms with Gasteiger partial charge in [-0.15, -0.1) is 0 Å². The van der Waals surface area contributed by atoms with Crippen LogP contribution in [0.25, 0.3) is 33.5 Å². The fourth-order valence-corrected chi connectivity index (χ4v) is 4.47. The molecule has 2 aromatic heterocycles. The fourth-order valence-electron chi connectivity index (χ4n) is 4.47. The Morgan fingerprint density at radius 3 is 2.66 bits per heavy atom. The van der Waals surface area contributed by atoms with Crippen molar-refractivity contribution in [1.82, 2.24) is 20.2 Å². The number of fused-ring (bicyclic) bond motifs is 2. The first-order valence-corrected chi connectivity index (χ1v) is 11.8. The third-order valence-corrected chi connectivity index (χ3v) is 6.31. The Bertz CT molecular complexity index is 1520. The highest BCUT2D eigenvalue weighted by Gasteiger charge is 2.17. The number of pyridine rings is 1. The number of hydrogen-bond acceptors (Lipinski definition) is 6. The average molecular weight is 464 g/mol. The van der Waals surface area contributed by atoms with Gasteiger partial charge in [-0.05, 0) is 42.0 Å². The van der Waals surface area contributed by atoms with Crippen LogP contribution in [-0.4, -0.2) is 47.0 Å². The Morgan fingerprint density at radius 1 is 0.914 bits per heavy atom.